The molecule has 1 amide bonds. The van der Waals surface area contributed by atoms with Gasteiger partial charge in [0.2, 0.25) is 11.3 Å². The second-order valence-corrected chi connectivity index (χ2v) is 5.80. The average Bonchev–Trinajstić information content (AvgIpc) is 2.58. The summed E-state index contributed by atoms with van der Waals surface area (Å²) in [6, 6.07) is 9.71. The van der Waals surface area contributed by atoms with Crippen molar-refractivity contribution in [1.29, 1.82) is 0 Å². The minimum Gasteiger partial charge on any atom is -0.323 e. The van der Waals surface area contributed by atoms with Gasteiger partial charge in [-0.25, -0.2) is 0 Å². The zero-order chi connectivity index (χ0) is 18.9. The van der Waals surface area contributed by atoms with Crippen LogP contribution in [0.4, 0.5) is 18.9 Å². The van der Waals surface area contributed by atoms with Gasteiger partial charge in [-0.1, -0.05) is 29.8 Å². The average molecular weight is 382 g/mol. The number of nitrogens with one attached hydrogen (secondary N) is 1. The second-order valence-electron chi connectivity index (χ2n) is 5.39. The summed E-state index contributed by atoms with van der Waals surface area (Å²) in [6.07, 6.45) is -3.62. The Balaban J connectivity index is 1.92. The third kappa shape index (κ3) is 3.55. The summed E-state index contributed by atoms with van der Waals surface area (Å²) in [5, 5.41) is 6.17. The smallest absolute Gasteiger partial charge is 0.323 e. The monoisotopic (exact) mass is 381 g/mol. The van der Waals surface area contributed by atoms with Gasteiger partial charge in [0, 0.05) is 5.39 Å². The Labute approximate surface area is 150 Å². The van der Waals surface area contributed by atoms with Gasteiger partial charge < -0.3 is 5.32 Å². The largest absolute Gasteiger partial charge is 0.418 e. The molecule has 0 atom stereocenters. The van der Waals surface area contributed by atoms with Crippen LogP contribution in [0.2, 0.25) is 5.02 Å². The summed E-state index contributed by atoms with van der Waals surface area (Å²) < 4.78 is 40.5. The van der Waals surface area contributed by atoms with Gasteiger partial charge in [-0.05, 0) is 24.3 Å². The van der Waals surface area contributed by atoms with Crippen LogP contribution in [-0.2, 0) is 17.5 Å². The number of halogens is 4. The van der Waals surface area contributed by atoms with Crippen LogP contribution in [0.15, 0.2) is 53.5 Å². The molecule has 0 aliphatic heterocycles. The van der Waals surface area contributed by atoms with Crippen molar-refractivity contribution in [2.24, 2.45) is 0 Å². The van der Waals surface area contributed by atoms with Gasteiger partial charge in [0.15, 0.2) is 0 Å². The molecule has 5 nitrogen and oxygen atoms in total. The number of hydrogen-bond acceptors (Lipinski definition) is 3. The summed E-state index contributed by atoms with van der Waals surface area (Å²) in [5.41, 5.74) is -1.49. The molecule has 0 aliphatic carbocycles. The van der Waals surface area contributed by atoms with Gasteiger partial charge in [0.1, 0.15) is 6.54 Å². The predicted molar refractivity (Wildman–Crippen MR) is 91.1 cm³/mol. The van der Waals surface area contributed by atoms with E-state index in [-0.39, 0.29) is 17.0 Å². The van der Waals surface area contributed by atoms with Gasteiger partial charge in [0.25, 0.3) is 0 Å². The normalized spacial score (nSPS) is 11.5. The Kier molecular flexibility index (Phi) is 4.69. The summed E-state index contributed by atoms with van der Waals surface area (Å²) in [5.74, 6) is -0.759. The molecule has 2 aromatic carbocycles. The van der Waals surface area contributed by atoms with Gasteiger partial charge in [-0.2, -0.15) is 18.3 Å². The molecular weight excluding hydrogens is 371 g/mol. The molecule has 0 aliphatic rings. The Morgan fingerprint density at radius 2 is 1.88 bits per heavy atom. The molecule has 26 heavy (non-hydrogen) atoms. The molecule has 0 saturated heterocycles. The molecule has 1 heterocycles. The zero-order valence-corrected chi connectivity index (χ0v) is 13.8. The number of nitrogens with zero attached hydrogens (tertiary/aromatic N) is 2. The number of alkyl halides is 3. The maximum Gasteiger partial charge on any atom is 0.418 e. The first-order chi connectivity index (χ1) is 12.3. The number of aromatic nitrogens is 2. The van der Waals surface area contributed by atoms with Gasteiger partial charge in [0.05, 0.1) is 28.0 Å². The van der Waals surface area contributed by atoms with E-state index in [4.69, 9.17) is 11.6 Å². The SMILES string of the molecule is O=C(Cn1ncc(=O)c2ccccc21)Nc1c(Cl)cccc1C(F)(F)F. The van der Waals surface area contributed by atoms with Gasteiger partial charge in [-0.15, -0.1) is 0 Å². The number of benzene rings is 2. The van der Waals surface area contributed by atoms with Gasteiger partial charge >= 0.3 is 6.18 Å². The maximum atomic E-state index is 13.1. The Morgan fingerprint density at radius 1 is 1.15 bits per heavy atom. The quantitative estimate of drug-likeness (QED) is 0.752. The van der Waals surface area contributed by atoms with Crippen molar-refractivity contribution in [2.75, 3.05) is 5.32 Å². The first kappa shape index (κ1) is 17.9. The van der Waals surface area contributed by atoms with Crippen molar-refractivity contribution in [2.45, 2.75) is 12.7 Å². The molecule has 0 fully saturated rings. The standard InChI is InChI=1S/C17H11ClF3N3O2/c18-12-6-3-5-11(17(19,20)21)16(12)23-15(26)9-24-13-7-2-1-4-10(13)14(25)8-22-24/h1-8H,9H2,(H,23,26). The molecule has 0 unspecified atom stereocenters. The fourth-order valence-electron chi connectivity index (χ4n) is 2.49. The van der Waals surface area contributed by atoms with E-state index in [1.54, 1.807) is 24.3 Å². The number of anilines is 1. The Hall–Kier alpha value is -2.87. The number of carbonyl (C=O) groups is 1. The lowest BCUT2D eigenvalue weighted by Crippen LogP contribution is -2.24. The van der Waals surface area contributed by atoms with E-state index in [0.717, 1.165) is 18.3 Å². The first-order valence-corrected chi connectivity index (χ1v) is 7.75. The maximum absolute atomic E-state index is 13.1. The van der Waals surface area contributed by atoms with Crippen LogP contribution < -0.4 is 10.7 Å². The highest BCUT2D eigenvalue weighted by molar-refractivity contribution is 6.34. The molecule has 1 N–H and O–H groups in total. The predicted octanol–water partition coefficient (Wildman–Crippen LogP) is 3.71. The van der Waals surface area contributed by atoms with Crippen LogP contribution in [0.25, 0.3) is 10.9 Å². The number of rotatable bonds is 3. The molecule has 3 aromatic rings. The lowest BCUT2D eigenvalue weighted by atomic mass is 10.1. The summed E-state index contributed by atoms with van der Waals surface area (Å²) in [7, 11) is 0. The van der Waals surface area contributed by atoms with Crippen LogP contribution >= 0.6 is 11.6 Å². The Morgan fingerprint density at radius 3 is 2.62 bits per heavy atom. The second kappa shape index (κ2) is 6.80. The van der Waals surface area contributed by atoms with Crippen molar-refractivity contribution in [3.8, 4) is 0 Å². The van der Waals surface area contributed by atoms with Crippen LogP contribution in [-0.4, -0.2) is 15.7 Å². The van der Waals surface area contributed by atoms with Crippen molar-refractivity contribution < 1.29 is 18.0 Å². The summed E-state index contributed by atoms with van der Waals surface area (Å²) in [6.45, 7) is -0.386. The minimum atomic E-state index is -4.67. The fraction of sp³-hybridized carbons (Fsp3) is 0.118. The van der Waals surface area contributed by atoms with E-state index in [1.165, 1.54) is 10.7 Å². The highest BCUT2D eigenvalue weighted by Gasteiger charge is 2.34. The number of para-hydroxylation sites is 2. The fourth-order valence-corrected chi connectivity index (χ4v) is 2.71. The molecular formula is C17H11ClF3N3O2. The van der Waals surface area contributed by atoms with E-state index in [0.29, 0.717) is 10.9 Å². The minimum absolute atomic E-state index is 0.231. The van der Waals surface area contributed by atoms with Crippen molar-refractivity contribution in [3.05, 3.63) is 69.5 Å². The van der Waals surface area contributed by atoms with Crippen molar-refractivity contribution in [3.63, 3.8) is 0 Å². The molecule has 0 radical (unpaired) electrons. The molecule has 3 rings (SSSR count). The van der Waals surface area contributed by atoms with E-state index in [9.17, 15) is 22.8 Å². The van der Waals surface area contributed by atoms with E-state index >= 15 is 0 Å². The van der Waals surface area contributed by atoms with Gasteiger partial charge in [-0.3, -0.25) is 14.3 Å². The summed E-state index contributed by atoms with van der Waals surface area (Å²) in [4.78, 5) is 24.1. The molecule has 0 spiro atoms. The Bertz CT molecular complexity index is 1050. The highest BCUT2D eigenvalue weighted by atomic mass is 35.5. The third-order valence-electron chi connectivity index (χ3n) is 3.64. The van der Waals surface area contributed by atoms with Crippen molar-refractivity contribution in [1.82, 2.24) is 9.78 Å². The van der Waals surface area contributed by atoms with Crippen LogP contribution in [0.3, 0.4) is 0 Å². The highest BCUT2D eigenvalue weighted by Crippen LogP contribution is 2.38. The van der Waals surface area contributed by atoms with Crippen LogP contribution in [0.1, 0.15) is 5.56 Å². The van der Waals surface area contributed by atoms with E-state index in [1.807, 2.05) is 0 Å². The summed E-state index contributed by atoms with van der Waals surface area (Å²) >= 11 is 5.82. The van der Waals surface area contributed by atoms with Crippen LogP contribution in [0, 0.1) is 0 Å². The lowest BCUT2D eigenvalue weighted by Gasteiger charge is -2.16. The topological polar surface area (TPSA) is 64.0 Å². The lowest BCUT2D eigenvalue weighted by molar-refractivity contribution is -0.137. The molecule has 0 bridgehead atoms. The van der Waals surface area contributed by atoms with Crippen molar-refractivity contribution >= 4 is 34.1 Å². The first-order valence-electron chi connectivity index (χ1n) is 7.38. The molecule has 1 aromatic heterocycles. The number of hydrogen-bond donors (Lipinski definition) is 1. The number of carbonyl (C=O) groups excluding carboxylic acids is 1. The van der Waals surface area contributed by atoms with E-state index < -0.39 is 23.3 Å². The molecule has 0 saturated carbocycles. The third-order valence-corrected chi connectivity index (χ3v) is 3.95. The zero-order valence-electron chi connectivity index (χ0n) is 13.0. The van der Waals surface area contributed by atoms with E-state index in [2.05, 4.69) is 10.4 Å². The number of fused-ring (bicyclic) bond motifs is 1. The molecule has 9 heteroatoms. The van der Waals surface area contributed by atoms with Crippen LogP contribution in [0.5, 0.6) is 0 Å². The number of amides is 1. The molecule has 134 valence electrons.